The predicted octanol–water partition coefficient (Wildman–Crippen LogP) is 6.11. The number of hydrogen-bond acceptors (Lipinski definition) is 4. The number of halogens is 4. The van der Waals surface area contributed by atoms with Crippen LogP contribution in [0.4, 0.5) is 18.9 Å². The van der Waals surface area contributed by atoms with Gasteiger partial charge in [0.05, 0.1) is 10.6 Å². The fourth-order valence-corrected chi connectivity index (χ4v) is 3.16. The minimum absolute atomic E-state index is 0.144. The number of nitrogens with one attached hydrogen (secondary N) is 1. The molecular weight excluding hydrogens is 435 g/mol. The van der Waals surface area contributed by atoms with Crippen LogP contribution >= 0.6 is 11.6 Å². The van der Waals surface area contributed by atoms with E-state index >= 15 is 0 Å². The molecule has 5 nitrogen and oxygen atoms in total. The largest absolute Gasteiger partial charge is 0.466 e. The molecule has 0 saturated heterocycles. The van der Waals surface area contributed by atoms with Crippen LogP contribution < -0.4 is 5.32 Å². The summed E-state index contributed by atoms with van der Waals surface area (Å²) in [5.41, 5.74) is -0.743. The number of amides is 1. The van der Waals surface area contributed by atoms with Crippen molar-refractivity contribution in [1.29, 1.82) is 0 Å². The Balaban J connectivity index is 1.89. The average Bonchev–Trinajstić information content (AvgIpc) is 3.05. The van der Waals surface area contributed by atoms with Crippen molar-refractivity contribution >= 4 is 29.2 Å². The van der Waals surface area contributed by atoms with E-state index in [1.165, 1.54) is 12.1 Å². The van der Waals surface area contributed by atoms with Gasteiger partial charge in [-0.15, -0.1) is 0 Å². The maximum Gasteiger partial charge on any atom is 0.417 e. The molecule has 1 heterocycles. The summed E-state index contributed by atoms with van der Waals surface area (Å²) in [5.74, 6) is -0.813. The molecule has 3 rings (SSSR count). The smallest absolute Gasteiger partial charge is 0.417 e. The molecule has 1 atom stereocenters. The van der Waals surface area contributed by atoms with Crippen LogP contribution in [0.3, 0.4) is 0 Å². The lowest BCUT2D eigenvalue weighted by atomic mass is 10.1. The Morgan fingerprint density at radius 1 is 1.06 bits per heavy atom. The molecule has 1 aromatic heterocycles. The number of benzene rings is 2. The summed E-state index contributed by atoms with van der Waals surface area (Å²) in [6, 6.07) is 12.6. The van der Waals surface area contributed by atoms with E-state index in [1.807, 2.05) is 0 Å². The molecule has 0 aliphatic heterocycles. The van der Waals surface area contributed by atoms with Gasteiger partial charge < -0.3 is 14.5 Å². The Kier molecular flexibility index (Phi) is 6.40. The third-order valence-corrected chi connectivity index (χ3v) is 4.70. The van der Waals surface area contributed by atoms with Crippen LogP contribution in [0.2, 0.25) is 5.02 Å². The van der Waals surface area contributed by atoms with Gasteiger partial charge in [-0.05, 0) is 38.1 Å². The van der Waals surface area contributed by atoms with E-state index in [9.17, 15) is 22.8 Å². The third kappa shape index (κ3) is 5.27. The maximum absolute atomic E-state index is 13.1. The maximum atomic E-state index is 13.1. The van der Waals surface area contributed by atoms with Crippen molar-refractivity contribution < 1.29 is 31.9 Å². The molecule has 0 aliphatic rings. The fourth-order valence-electron chi connectivity index (χ4n) is 2.93. The van der Waals surface area contributed by atoms with Crippen molar-refractivity contribution in [1.82, 2.24) is 0 Å². The number of ether oxygens (including phenoxy) is 1. The highest BCUT2D eigenvalue weighted by Crippen LogP contribution is 2.36. The summed E-state index contributed by atoms with van der Waals surface area (Å²) in [5, 5.41) is 1.86. The minimum atomic E-state index is -4.69. The van der Waals surface area contributed by atoms with Gasteiger partial charge in [0.2, 0.25) is 6.10 Å². The zero-order valence-corrected chi connectivity index (χ0v) is 17.2. The third-order valence-electron chi connectivity index (χ3n) is 4.37. The molecule has 1 amide bonds. The van der Waals surface area contributed by atoms with Crippen LogP contribution in [0.1, 0.15) is 39.1 Å². The summed E-state index contributed by atoms with van der Waals surface area (Å²) in [4.78, 5) is 25.5. The van der Waals surface area contributed by atoms with Gasteiger partial charge in [0.25, 0.3) is 5.91 Å². The van der Waals surface area contributed by atoms with E-state index < -0.39 is 34.7 Å². The van der Waals surface area contributed by atoms with E-state index in [0.717, 1.165) is 6.07 Å². The number of carbonyl (C=O) groups excluding carboxylic acids is 2. The van der Waals surface area contributed by atoms with Crippen LogP contribution in [0, 0.1) is 13.8 Å². The summed E-state index contributed by atoms with van der Waals surface area (Å²) in [7, 11) is 0. The Hall–Kier alpha value is -3.26. The van der Waals surface area contributed by atoms with Gasteiger partial charge in [0, 0.05) is 11.3 Å². The van der Waals surface area contributed by atoms with Gasteiger partial charge in [-0.25, -0.2) is 4.79 Å². The number of aryl methyl sites for hydroxylation is 2. The number of hydrogen-bond donors (Lipinski definition) is 1. The van der Waals surface area contributed by atoms with Gasteiger partial charge >= 0.3 is 12.1 Å². The SMILES string of the molecule is Cc1cc(C(=O)O[C@@H](C(=O)Nc2ccc(Cl)c(C(F)(F)F)c2)c2ccccc2)c(C)o1. The number of alkyl halides is 3. The van der Waals surface area contributed by atoms with E-state index in [0.29, 0.717) is 23.2 Å². The first kappa shape index (κ1) is 22.4. The molecule has 1 N–H and O–H groups in total. The van der Waals surface area contributed by atoms with Crippen molar-refractivity contribution in [3.05, 3.63) is 87.8 Å². The standard InChI is InChI=1S/C22H17ClF3NO4/c1-12-10-16(13(2)30-12)21(29)31-19(14-6-4-3-5-7-14)20(28)27-15-8-9-18(23)17(11-15)22(24,25)26/h3-11,19H,1-2H3,(H,27,28)/t19-/m1/s1. The van der Waals surface area contributed by atoms with Crippen molar-refractivity contribution in [2.75, 3.05) is 5.32 Å². The van der Waals surface area contributed by atoms with Crippen LogP contribution in [0.5, 0.6) is 0 Å². The van der Waals surface area contributed by atoms with Crippen LogP contribution in [0.25, 0.3) is 0 Å². The Morgan fingerprint density at radius 2 is 1.74 bits per heavy atom. The zero-order chi connectivity index (χ0) is 22.8. The summed E-state index contributed by atoms with van der Waals surface area (Å²) in [6.45, 7) is 3.23. The topological polar surface area (TPSA) is 68.5 Å². The highest BCUT2D eigenvalue weighted by atomic mass is 35.5. The minimum Gasteiger partial charge on any atom is -0.466 e. The van der Waals surface area contributed by atoms with Gasteiger partial charge in [0.1, 0.15) is 17.1 Å². The van der Waals surface area contributed by atoms with E-state index in [-0.39, 0.29) is 11.3 Å². The number of esters is 1. The molecule has 0 aliphatic carbocycles. The van der Waals surface area contributed by atoms with Crippen molar-refractivity contribution in [2.45, 2.75) is 26.1 Å². The molecule has 0 saturated carbocycles. The molecule has 31 heavy (non-hydrogen) atoms. The molecule has 2 aromatic carbocycles. The van der Waals surface area contributed by atoms with Crippen LogP contribution in [-0.2, 0) is 15.7 Å². The van der Waals surface area contributed by atoms with Crippen molar-refractivity contribution in [3.8, 4) is 0 Å². The molecule has 3 aromatic rings. The first-order valence-corrected chi connectivity index (χ1v) is 9.44. The zero-order valence-electron chi connectivity index (χ0n) is 16.4. The first-order chi connectivity index (χ1) is 14.6. The summed E-state index contributed by atoms with van der Waals surface area (Å²) >= 11 is 5.62. The van der Waals surface area contributed by atoms with Gasteiger partial charge in [-0.1, -0.05) is 41.9 Å². The number of furan rings is 1. The van der Waals surface area contributed by atoms with Gasteiger partial charge in [-0.2, -0.15) is 13.2 Å². The second kappa shape index (κ2) is 8.85. The Labute approximate surface area is 180 Å². The number of rotatable bonds is 5. The van der Waals surface area contributed by atoms with Gasteiger partial charge in [-0.3, -0.25) is 4.79 Å². The summed E-state index contributed by atoms with van der Waals surface area (Å²) in [6.07, 6.45) is -6.10. The van der Waals surface area contributed by atoms with E-state index in [2.05, 4.69) is 5.32 Å². The van der Waals surface area contributed by atoms with Crippen LogP contribution in [0.15, 0.2) is 59.0 Å². The number of carbonyl (C=O) groups is 2. The Morgan fingerprint density at radius 3 is 2.32 bits per heavy atom. The molecule has 0 bridgehead atoms. The monoisotopic (exact) mass is 451 g/mol. The highest BCUT2D eigenvalue weighted by molar-refractivity contribution is 6.31. The Bertz CT molecular complexity index is 1110. The average molecular weight is 452 g/mol. The molecular formula is C22H17ClF3NO4. The molecule has 0 unspecified atom stereocenters. The molecule has 162 valence electrons. The molecule has 0 fully saturated rings. The number of anilines is 1. The second-order valence-corrected chi connectivity index (χ2v) is 7.11. The lowest BCUT2D eigenvalue weighted by Gasteiger charge is -2.18. The fraction of sp³-hybridized carbons (Fsp3) is 0.182. The highest BCUT2D eigenvalue weighted by Gasteiger charge is 2.34. The molecule has 9 heteroatoms. The normalized spacial score (nSPS) is 12.3. The quantitative estimate of drug-likeness (QED) is 0.475. The second-order valence-electron chi connectivity index (χ2n) is 6.70. The lowest BCUT2D eigenvalue weighted by molar-refractivity contribution is -0.137. The van der Waals surface area contributed by atoms with Crippen LogP contribution in [-0.4, -0.2) is 11.9 Å². The summed E-state index contributed by atoms with van der Waals surface area (Å²) < 4.78 is 50.1. The van der Waals surface area contributed by atoms with E-state index in [4.69, 9.17) is 20.8 Å². The lowest BCUT2D eigenvalue weighted by Crippen LogP contribution is -2.26. The predicted molar refractivity (Wildman–Crippen MR) is 108 cm³/mol. The van der Waals surface area contributed by atoms with Crippen molar-refractivity contribution in [3.63, 3.8) is 0 Å². The molecule has 0 spiro atoms. The van der Waals surface area contributed by atoms with E-state index in [1.54, 1.807) is 44.2 Å². The molecule has 0 radical (unpaired) electrons. The van der Waals surface area contributed by atoms with Crippen molar-refractivity contribution in [2.24, 2.45) is 0 Å². The van der Waals surface area contributed by atoms with Gasteiger partial charge in [0.15, 0.2) is 0 Å². The first-order valence-electron chi connectivity index (χ1n) is 9.07.